The minimum atomic E-state index is -1.64. The van der Waals surface area contributed by atoms with Crippen LogP contribution in [0.5, 0.6) is 0 Å². The van der Waals surface area contributed by atoms with Crippen molar-refractivity contribution in [2.45, 2.75) is 98.1 Å². The fourth-order valence-electron chi connectivity index (χ4n) is 4.07. The first kappa shape index (κ1) is 23.1. The van der Waals surface area contributed by atoms with Gasteiger partial charge in [0, 0.05) is 11.1 Å². The summed E-state index contributed by atoms with van der Waals surface area (Å²) >= 11 is 0. The predicted octanol–water partition coefficient (Wildman–Crippen LogP) is 6.60. The highest BCUT2D eigenvalue weighted by Crippen LogP contribution is 2.37. The van der Waals surface area contributed by atoms with E-state index in [0.717, 1.165) is 0 Å². The van der Waals surface area contributed by atoms with Crippen molar-refractivity contribution in [1.29, 1.82) is 0 Å². The van der Waals surface area contributed by atoms with Crippen molar-refractivity contribution in [2.75, 3.05) is 0 Å². The molecular weight excluding hydrogens is 326 g/mol. The second kappa shape index (κ2) is 7.54. The molecule has 0 unspecified atom stereocenters. The molecule has 0 rings (SSSR count). The summed E-state index contributed by atoms with van der Waals surface area (Å²) < 4.78 is 0. The van der Waals surface area contributed by atoms with Crippen LogP contribution in [0.1, 0.15) is 34.6 Å². The van der Waals surface area contributed by atoms with Gasteiger partial charge in [-0.1, -0.05) is 74.9 Å². The summed E-state index contributed by atoms with van der Waals surface area (Å²) in [6.45, 7) is 31.3. The third kappa shape index (κ3) is 9.85. The second-order valence-electron chi connectivity index (χ2n) is 11.0. The Morgan fingerprint density at radius 1 is 0.739 bits per heavy atom. The number of allylic oxidation sites excluding steroid dienone is 2. The molecule has 0 amide bonds. The number of rotatable bonds is 6. The highest BCUT2D eigenvalue weighted by atomic mass is 28.3. The Labute approximate surface area is 150 Å². The molecular formula is C19H43NSi3. The molecule has 0 aromatic rings. The molecule has 0 aliphatic rings. The minimum Gasteiger partial charge on any atom is -0.332 e. The molecule has 0 heterocycles. The predicted molar refractivity (Wildman–Crippen MR) is 118 cm³/mol. The number of nitrogens with one attached hydrogen (secondary N) is 1. The average Bonchev–Trinajstić information content (AvgIpc) is 2.03. The van der Waals surface area contributed by atoms with Crippen LogP contribution in [0.2, 0.25) is 57.9 Å². The van der Waals surface area contributed by atoms with E-state index in [1.165, 1.54) is 0 Å². The first-order valence-corrected chi connectivity index (χ1v) is 19.3. The van der Waals surface area contributed by atoms with Gasteiger partial charge in [0.05, 0.1) is 16.1 Å². The maximum atomic E-state index is 4.02. The third-order valence-electron chi connectivity index (χ3n) is 3.65. The summed E-state index contributed by atoms with van der Waals surface area (Å²) in [6, 6.07) is 0. The highest BCUT2D eigenvalue weighted by Gasteiger charge is 2.38. The Kier molecular flexibility index (Phi) is 7.57. The lowest BCUT2D eigenvalue weighted by atomic mass is 10.1. The fourth-order valence-corrected chi connectivity index (χ4v) is 12.0. The van der Waals surface area contributed by atoms with Crippen molar-refractivity contribution in [3.63, 3.8) is 0 Å². The van der Waals surface area contributed by atoms with Crippen LogP contribution in [0, 0.1) is 0 Å². The number of hydrogen-bond donors (Lipinski definition) is 1. The summed E-state index contributed by atoms with van der Waals surface area (Å²) in [5.74, 6) is 0. The van der Waals surface area contributed by atoms with Gasteiger partial charge in [0.2, 0.25) is 0 Å². The molecule has 0 radical (unpaired) electrons. The maximum Gasteiger partial charge on any atom is 0.131 e. The van der Waals surface area contributed by atoms with Crippen molar-refractivity contribution in [1.82, 2.24) is 4.98 Å². The van der Waals surface area contributed by atoms with E-state index in [4.69, 9.17) is 0 Å². The Morgan fingerprint density at radius 2 is 1.04 bits per heavy atom. The van der Waals surface area contributed by atoms with Gasteiger partial charge in [-0.15, -0.1) is 0 Å². The van der Waals surface area contributed by atoms with Gasteiger partial charge in [0.1, 0.15) is 8.24 Å². The third-order valence-corrected chi connectivity index (χ3v) is 10.0. The van der Waals surface area contributed by atoms with E-state index in [1.807, 2.05) is 0 Å². The van der Waals surface area contributed by atoms with E-state index < -0.39 is 24.4 Å². The molecule has 136 valence electrons. The molecule has 1 nitrogen and oxygen atoms in total. The highest BCUT2D eigenvalue weighted by molar-refractivity contribution is 6.83. The Bertz CT molecular complexity index is 424. The molecule has 0 atom stereocenters. The average molecular weight is 370 g/mol. The molecule has 0 fully saturated rings. The monoisotopic (exact) mass is 369 g/mol. The molecule has 0 saturated carbocycles. The summed E-state index contributed by atoms with van der Waals surface area (Å²) in [5.41, 5.74) is 9.22. The molecule has 0 aromatic heterocycles. The molecule has 0 spiro atoms. The fraction of sp³-hybridized carbons (Fsp3) is 0.789. The summed E-state index contributed by atoms with van der Waals surface area (Å²) in [5, 5.41) is 0. The van der Waals surface area contributed by atoms with E-state index in [1.54, 1.807) is 11.1 Å². The smallest absolute Gasteiger partial charge is 0.131 e. The van der Waals surface area contributed by atoms with Crippen LogP contribution in [0.4, 0.5) is 0 Å². The summed E-state index contributed by atoms with van der Waals surface area (Å²) in [6.07, 6.45) is 0. The zero-order valence-electron chi connectivity index (χ0n) is 18.2. The van der Waals surface area contributed by atoms with Crippen LogP contribution in [-0.4, -0.2) is 29.9 Å². The van der Waals surface area contributed by atoms with E-state index in [-0.39, 0.29) is 5.54 Å². The van der Waals surface area contributed by atoms with Crippen LogP contribution in [0.25, 0.3) is 0 Å². The van der Waals surface area contributed by atoms with Crippen molar-refractivity contribution >= 4 is 24.4 Å². The largest absolute Gasteiger partial charge is 0.332 e. The molecule has 0 bridgehead atoms. The number of hydrogen-bond acceptors (Lipinski definition) is 1. The first-order chi connectivity index (χ1) is 9.84. The van der Waals surface area contributed by atoms with Gasteiger partial charge >= 0.3 is 0 Å². The van der Waals surface area contributed by atoms with Crippen LogP contribution in [0.3, 0.4) is 0 Å². The Morgan fingerprint density at radius 3 is 1.26 bits per heavy atom. The molecule has 0 aromatic carbocycles. The van der Waals surface area contributed by atoms with Gasteiger partial charge in [0.25, 0.3) is 0 Å². The van der Waals surface area contributed by atoms with E-state index >= 15 is 0 Å². The zero-order chi connectivity index (χ0) is 18.9. The molecule has 0 aliphatic carbocycles. The van der Waals surface area contributed by atoms with Gasteiger partial charge < -0.3 is 4.98 Å². The van der Waals surface area contributed by atoms with Crippen LogP contribution >= 0.6 is 0 Å². The van der Waals surface area contributed by atoms with Gasteiger partial charge in [-0.2, -0.15) is 0 Å². The topological polar surface area (TPSA) is 12.0 Å². The Balaban J connectivity index is 6.02. The normalized spacial score (nSPS) is 17.4. The maximum absolute atomic E-state index is 4.02. The van der Waals surface area contributed by atoms with Gasteiger partial charge in [-0.3, -0.25) is 0 Å². The van der Waals surface area contributed by atoms with E-state index in [9.17, 15) is 0 Å². The minimum absolute atomic E-state index is 0.173. The van der Waals surface area contributed by atoms with Gasteiger partial charge in [-0.05, 0) is 34.6 Å². The lowest BCUT2D eigenvalue weighted by Gasteiger charge is -2.41. The summed E-state index contributed by atoms with van der Waals surface area (Å²) in [7, 11) is -4.05. The van der Waals surface area contributed by atoms with E-state index in [2.05, 4.69) is 103 Å². The molecule has 4 heteroatoms. The SMILES string of the molecule is CC(=C[Si](C)(C)C)C(C(C)=C[Si](C)(C)C)[Si](C)(C)NC(C)(C)C. The molecule has 0 aliphatic heterocycles. The van der Waals surface area contributed by atoms with Crippen molar-refractivity contribution < 1.29 is 0 Å². The van der Waals surface area contributed by atoms with Crippen molar-refractivity contribution in [3.05, 3.63) is 22.5 Å². The quantitative estimate of drug-likeness (QED) is 0.520. The lowest BCUT2D eigenvalue weighted by molar-refractivity contribution is 0.509. The molecule has 0 saturated heterocycles. The van der Waals surface area contributed by atoms with Crippen LogP contribution in [-0.2, 0) is 0 Å². The Hall–Kier alpha value is 0.0906. The van der Waals surface area contributed by atoms with Crippen molar-refractivity contribution in [3.8, 4) is 0 Å². The van der Waals surface area contributed by atoms with Crippen LogP contribution < -0.4 is 4.98 Å². The zero-order valence-corrected chi connectivity index (χ0v) is 21.2. The van der Waals surface area contributed by atoms with Crippen LogP contribution in [0.15, 0.2) is 22.5 Å². The standard InChI is InChI=1S/C19H43NSi3/c1-16(14-21(6,7)8)18(17(2)15-22(9,10)11)23(12,13)20-19(3,4)5/h14-15,18,20H,1-13H3. The lowest BCUT2D eigenvalue weighted by Crippen LogP contribution is -2.57. The van der Waals surface area contributed by atoms with Gasteiger partial charge in [0.15, 0.2) is 0 Å². The second-order valence-corrected chi connectivity index (χ2v) is 25.4. The van der Waals surface area contributed by atoms with E-state index in [0.29, 0.717) is 5.54 Å². The first-order valence-electron chi connectivity index (χ1n) is 9.02. The van der Waals surface area contributed by atoms with Gasteiger partial charge in [-0.25, -0.2) is 0 Å². The molecule has 23 heavy (non-hydrogen) atoms. The summed E-state index contributed by atoms with van der Waals surface area (Å²) in [4.78, 5) is 4.02. The van der Waals surface area contributed by atoms with Crippen molar-refractivity contribution in [2.24, 2.45) is 0 Å². The molecule has 1 N–H and O–H groups in total.